The Hall–Kier alpha value is -1.88. The van der Waals surface area contributed by atoms with Gasteiger partial charge in [-0.2, -0.15) is 0 Å². The van der Waals surface area contributed by atoms with Gasteiger partial charge in [0.2, 0.25) is 5.91 Å². The summed E-state index contributed by atoms with van der Waals surface area (Å²) in [5, 5.41) is 3.21. The third-order valence-electron chi connectivity index (χ3n) is 2.23. The standard InChI is InChI=1S/C13H13N3OS/c1-10(18-13-14-8-5-9-15-13)12(17)16-11-6-3-2-4-7-11/h2-10H,1H3,(H,16,17)/t10-/m0/s1. The molecule has 0 unspecified atom stereocenters. The first-order valence-corrected chi connectivity index (χ1v) is 6.43. The Morgan fingerprint density at radius 1 is 1.17 bits per heavy atom. The molecule has 4 nitrogen and oxygen atoms in total. The number of hydrogen-bond acceptors (Lipinski definition) is 4. The van der Waals surface area contributed by atoms with Gasteiger partial charge in [0.1, 0.15) is 0 Å². The minimum absolute atomic E-state index is 0.0568. The Kier molecular flexibility index (Phi) is 4.30. The van der Waals surface area contributed by atoms with Crippen molar-refractivity contribution in [1.82, 2.24) is 9.97 Å². The molecule has 1 aromatic heterocycles. The van der Waals surface area contributed by atoms with Crippen molar-refractivity contribution >= 4 is 23.4 Å². The fraction of sp³-hybridized carbons (Fsp3) is 0.154. The maximum Gasteiger partial charge on any atom is 0.237 e. The van der Waals surface area contributed by atoms with Crippen LogP contribution >= 0.6 is 11.8 Å². The number of carbonyl (C=O) groups excluding carboxylic acids is 1. The third kappa shape index (κ3) is 3.56. The number of para-hydroxylation sites is 1. The summed E-state index contributed by atoms with van der Waals surface area (Å²) < 4.78 is 0. The van der Waals surface area contributed by atoms with Gasteiger partial charge in [-0.25, -0.2) is 9.97 Å². The molecule has 0 fully saturated rings. The van der Waals surface area contributed by atoms with E-state index in [1.807, 2.05) is 37.3 Å². The van der Waals surface area contributed by atoms with E-state index in [-0.39, 0.29) is 11.2 Å². The second-order valence-corrected chi connectivity index (χ2v) is 4.95. The fourth-order valence-electron chi connectivity index (χ4n) is 1.32. The van der Waals surface area contributed by atoms with E-state index in [0.717, 1.165) is 5.69 Å². The molecule has 1 atom stereocenters. The van der Waals surface area contributed by atoms with Crippen LogP contribution in [0.1, 0.15) is 6.92 Å². The van der Waals surface area contributed by atoms with Crippen molar-refractivity contribution in [2.75, 3.05) is 5.32 Å². The van der Waals surface area contributed by atoms with Crippen LogP contribution in [-0.2, 0) is 4.79 Å². The molecule has 1 amide bonds. The van der Waals surface area contributed by atoms with Gasteiger partial charge >= 0.3 is 0 Å². The van der Waals surface area contributed by atoms with E-state index in [1.165, 1.54) is 11.8 Å². The zero-order chi connectivity index (χ0) is 12.8. The van der Waals surface area contributed by atoms with Gasteiger partial charge in [-0.3, -0.25) is 4.79 Å². The molecule has 92 valence electrons. The summed E-state index contributed by atoms with van der Waals surface area (Å²) in [7, 11) is 0. The van der Waals surface area contributed by atoms with Crippen molar-refractivity contribution in [1.29, 1.82) is 0 Å². The quantitative estimate of drug-likeness (QED) is 0.677. The Morgan fingerprint density at radius 2 is 1.83 bits per heavy atom. The highest BCUT2D eigenvalue weighted by Crippen LogP contribution is 2.19. The van der Waals surface area contributed by atoms with E-state index in [9.17, 15) is 4.79 Å². The average Bonchev–Trinajstić information content (AvgIpc) is 2.41. The van der Waals surface area contributed by atoms with Gasteiger partial charge < -0.3 is 5.32 Å². The van der Waals surface area contributed by atoms with Crippen molar-refractivity contribution in [2.24, 2.45) is 0 Å². The summed E-state index contributed by atoms with van der Waals surface area (Å²) in [4.78, 5) is 20.1. The van der Waals surface area contributed by atoms with Crippen LogP contribution in [0.5, 0.6) is 0 Å². The molecule has 5 heteroatoms. The average molecular weight is 259 g/mol. The number of hydrogen-bond donors (Lipinski definition) is 1. The summed E-state index contributed by atoms with van der Waals surface area (Å²) in [6, 6.07) is 11.1. The second-order valence-electron chi connectivity index (χ2n) is 3.65. The van der Waals surface area contributed by atoms with Crippen LogP contribution in [0.15, 0.2) is 53.9 Å². The van der Waals surface area contributed by atoms with Crippen LogP contribution in [0, 0.1) is 0 Å². The van der Waals surface area contributed by atoms with Crippen LogP contribution in [-0.4, -0.2) is 21.1 Å². The lowest BCUT2D eigenvalue weighted by atomic mass is 10.3. The molecular weight excluding hydrogens is 246 g/mol. The topological polar surface area (TPSA) is 54.9 Å². The molecule has 0 spiro atoms. The number of anilines is 1. The Bertz CT molecular complexity index is 504. The number of rotatable bonds is 4. The minimum Gasteiger partial charge on any atom is -0.325 e. The highest BCUT2D eigenvalue weighted by Gasteiger charge is 2.15. The second kappa shape index (κ2) is 6.16. The Morgan fingerprint density at radius 3 is 2.50 bits per heavy atom. The highest BCUT2D eigenvalue weighted by atomic mass is 32.2. The third-order valence-corrected chi connectivity index (χ3v) is 3.22. The summed E-state index contributed by atoms with van der Waals surface area (Å²) >= 11 is 1.34. The summed E-state index contributed by atoms with van der Waals surface area (Å²) in [6.45, 7) is 1.83. The van der Waals surface area contributed by atoms with Crippen molar-refractivity contribution in [3.63, 3.8) is 0 Å². The molecule has 0 bridgehead atoms. The van der Waals surface area contributed by atoms with Crippen LogP contribution in [0.2, 0.25) is 0 Å². The van der Waals surface area contributed by atoms with Crippen LogP contribution in [0.25, 0.3) is 0 Å². The number of nitrogens with zero attached hydrogens (tertiary/aromatic N) is 2. The Labute approximate surface area is 110 Å². The zero-order valence-electron chi connectivity index (χ0n) is 9.91. The van der Waals surface area contributed by atoms with Crippen molar-refractivity contribution in [3.05, 3.63) is 48.8 Å². The van der Waals surface area contributed by atoms with Crippen molar-refractivity contribution in [3.8, 4) is 0 Å². The van der Waals surface area contributed by atoms with Gasteiger partial charge in [0.25, 0.3) is 0 Å². The maximum absolute atomic E-state index is 11.9. The van der Waals surface area contributed by atoms with Gasteiger partial charge in [0.05, 0.1) is 5.25 Å². The predicted octanol–water partition coefficient (Wildman–Crippen LogP) is 2.60. The highest BCUT2D eigenvalue weighted by molar-refractivity contribution is 8.00. The van der Waals surface area contributed by atoms with E-state index in [0.29, 0.717) is 5.16 Å². The van der Waals surface area contributed by atoms with E-state index in [4.69, 9.17) is 0 Å². The molecule has 0 aliphatic carbocycles. The molecule has 0 aliphatic heterocycles. The number of amides is 1. The molecule has 0 saturated carbocycles. The molecule has 0 aliphatic rings. The van der Waals surface area contributed by atoms with Crippen molar-refractivity contribution < 1.29 is 4.79 Å². The lowest BCUT2D eigenvalue weighted by Crippen LogP contribution is -2.22. The van der Waals surface area contributed by atoms with Gasteiger partial charge in [-0.05, 0) is 25.1 Å². The molecule has 1 aromatic carbocycles. The lowest BCUT2D eigenvalue weighted by Gasteiger charge is -2.10. The number of benzene rings is 1. The molecule has 2 rings (SSSR count). The first-order chi connectivity index (χ1) is 8.75. The summed E-state index contributed by atoms with van der Waals surface area (Å²) in [5.41, 5.74) is 0.795. The number of thioether (sulfide) groups is 1. The number of aromatic nitrogens is 2. The van der Waals surface area contributed by atoms with Gasteiger partial charge in [-0.1, -0.05) is 30.0 Å². The largest absolute Gasteiger partial charge is 0.325 e. The maximum atomic E-state index is 11.9. The van der Waals surface area contributed by atoms with Crippen LogP contribution in [0.4, 0.5) is 5.69 Å². The molecular formula is C13H13N3OS. The number of nitrogens with one attached hydrogen (secondary N) is 1. The molecule has 0 radical (unpaired) electrons. The van der Waals surface area contributed by atoms with Gasteiger partial charge in [0.15, 0.2) is 5.16 Å². The molecule has 2 aromatic rings. The van der Waals surface area contributed by atoms with E-state index >= 15 is 0 Å². The van der Waals surface area contributed by atoms with E-state index < -0.39 is 0 Å². The lowest BCUT2D eigenvalue weighted by molar-refractivity contribution is -0.115. The molecule has 1 N–H and O–H groups in total. The van der Waals surface area contributed by atoms with Gasteiger partial charge in [0, 0.05) is 18.1 Å². The smallest absolute Gasteiger partial charge is 0.237 e. The summed E-state index contributed by atoms with van der Waals surface area (Å²) in [6.07, 6.45) is 3.33. The van der Waals surface area contributed by atoms with Crippen LogP contribution in [0.3, 0.4) is 0 Å². The SMILES string of the molecule is C[C@H](Sc1ncccn1)C(=O)Nc1ccccc1. The molecule has 0 saturated heterocycles. The summed E-state index contributed by atoms with van der Waals surface area (Å²) in [5.74, 6) is -0.0568. The monoisotopic (exact) mass is 259 g/mol. The first kappa shape index (κ1) is 12.6. The zero-order valence-corrected chi connectivity index (χ0v) is 10.7. The first-order valence-electron chi connectivity index (χ1n) is 5.55. The van der Waals surface area contributed by atoms with E-state index in [2.05, 4.69) is 15.3 Å². The Balaban J connectivity index is 1.93. The fourth-order valence-corrected chi connectivity index (χ4v) is 2.05. The minimum atomic E-state index is -0.243. The van der Waals surface area contributed by atoms with Crippen molar-refractivity contribution in [2.45, 2.75) is 17.3 Å². The predicted molar refractivity (Wildman–Crippen MR) is 72.4 cm³/mol. The molecule has 18 heavy (non-hydrogen) atoms. The molecule has 1 heterocycles. The van der Waals surface area contributed by atoms with Gasteiger partial charge in [-0.15, -0.1) is 0 Å². The van der Waals surface area contributed by atoms with Crippen LogP contribution < -0.4 is 5.32 Å². The van der Waals surface area contributed by atoms with E-state index in [1.54, 1.807) is 18.5 Å². The normalized spacial score (nSPS) is 11.8. The number of carbonyl (C=O) groups is 1.